The number of halogens is 3. The van der Waals surface area contributed by atoms with Crippen molar-refractivity contribution in [1.82, 2.24) is 4.98 Å². The van der Waals surface area contributed by atoms with Crippen LogP contribution >= 0.6 is 0 Å². The zero-order chi connectivity index (χ0) is 13.1. The Bertz CT molecular complexity index is 371. The summed E-state index contributed by atoms with van der Waals surface area (Å²) in [5.74, 6) is -0.521. The van der Waals surface area contributed by atoms with E-state index >= 15 is 0 Å². The third kappa shape index (κ3) is 3.46. The van der Waals surface area contributed by atoms with Gasteiger partial charge in [0, 0.05) is 18.2 Å². The average molecular weight is 252 g/mol. The van der Waals surface area contributed by atoms with Crippen LogP contribution in [0.1, 0.15) is 11.3 Å². The summed E-state index contributed by atoms with van der Waals surface area (Å²) < 4.78 is 44.6. The topological polar surface area (TPSA) is 77.6 Å². The van der Waals surface area contributed by atoms with Crippen LogP contribution in [0.2, 0.25) is 0 Å². The van der Waals surface area contributed by atoms with Crippen LogP contribution < -0.4 is 15.2 Å². The largest absolute Gasteiger partial charge is 0.574 e. The third-order valence-electron chi connectivity index (χ3n) is 1.89. The lowest BCUT2D eigenvalue weighted by Gasteiger charge is -2.14. The van der Waals surface area contributed by atoms with E-state index in [2.05, 4.69) is 9.72 Å². The Morgan fingerprint density at radius 2 is 2.12 bits per heavy atom. The molecule has 8 heteroatoms. The molecule has 1 rings (SSSR count). The second-order valence-electron chi connectivity index (χ2n) is 3.01. The number of hydrogen-bond donors (Lipinski definition) is 2. The highest BCUT2D eigenvalue weighted by molar-refractivity contribution is 5.40. The fourth-order valence-corrected chi connectivity index (χ4v) is 1.29. The molecular formula is C9H11F3N2O3. The molecule has 0 aliphatic heterocycles. The number of pyridine rings is 1. The standard InChI is InChI=1S/C9H11F3N2O3/c1-16-8-5(3-13)2-7(14-6(8)4-15)17-9(10,11)12/h2,15H,3-4,13H2,1H3. The molecular weight excluding hydrogens is 241 g/mol. The van der Waals surface area contributed by atoms with Gasteiger partial charge in [0.25, 0.3) is 0 Å². The van der Waals surface area contributed by atoms with Gasteiger partial charge in [0.05, 0.1) is 13.7 Å². The van der Waals surface area contributed by atoms with E-state index in [9.17, 15) is 13.2 Å². The summed E-state index contributed by atoms with van der Waals surface area (Å²) in [6, 6.07) is 1.02. The lowest BCUT2D eigenvalue weighted by atomic mass is 10.2. The summed E-state index contributed by atoms with van der Waals surface area (Å²) >= 11 is 0. The highest BCUT2D eigenvalue weighted by Gasteiger charge is 2.32. The van der Waals surface area contributed by atoms with Crippen molar-refractivity contribution in [2.45, 2.75) is 19.5 Å². The predicted molar refractivity (Wildman–Crippen MR) is 51.3 cm³/mol. The first kappa shape index (κ1) is 13.5. The van der Waals surface area contributed by atoms with E-state index in [1.807, 2.05) is 0 Å². The molecule has 1 heterocycles. The first-order chi connectivity index (χ1) is 7.91. The van der Waals surface area contributed by atoms with Gasteiger partial charge in [-0.25, -0.2) is 4.98 Å². The minimum absolute atomic E-state index is 0.0605. The molecule has 0 fully saturated rings. The summed E-state index contributed by atoms with van der Waals surface area (Å²) in [6.07, 6.45) is -4.85. The van der Waals surface area contributed by atoms with E-state index in [1.165, 1.54) is 7.11 Å². The molecule has 0 aliphatic rings. The summed E-state index contributed by atoms with van der Waals surface area (Å²) in [6.45, 7) is -0.641. The minimum atomic E-state index is -4.85. The van der Waals surface area contributed by atoms with Crippen molar-refractivity contribution in [1.29, 1.82) is 0 Å². The number of aliphatic hydroxyl groups excluding tert-OH is 1. The summed E-state index contributed by atoms with van der Waals surface area (Å²) in [7, 11) is 1.31. The maximum atomic E-state index is 12.0. The molecule has 0 aromatic carbocycles. The smallest absolute Gasteiger partial charge is 0.494 e. The van der Waals surface area contributed by atoms with Crippen LogP contribution in [-0.2, 0) is 13.2 Å². The zero-order valence-electron chi connectivity index (χ0n) is 8.91. The molecule has 1 aromatic rings. The maximum absolute atomic E-state index is 12.0. The van der Waals surface area contributed by atoms with Crippen molar-refractivity contribution in [2.24, 2.45) is 5.73 Å². The van der Waals surface area contributed by atoms with Gasteiger partial charge in [-0.1, -0.05) is 0 Å². The van der Waals surface area contributed by atoms with E-state index in [-0.39, 0.29) is 23.6 Å². The molecule has 0 unspecified atom stereocenters. The molecule has 0 radical (unpaired) electrons. The lowest BCUT2D eigenvalue weighted by molar-refractivity contribution is -0.276. The van der Waals surface area contributed by atoms with Crippen molar-refractivity contribution >= 4 is 0 Å². The van der Waals surface area contributed by atoms with E-state index in [0.717, 1.165) is 6.07 Å². The van der Waals surface area contributed by atoms with E-state index in [0.29, 0.717) is 0 Å². The average Bonchev–Trinajstić information content (AvgIpc) is 2.25. The Labute approximate surface area is 95.0 Å². The van der Waals surface area contributed by atoms with Crippen LogP contribution in [0.3, 0.4) is 0 Å². The Morgan fingerprint density at radius 1 is 1.47 bits per heavy atom. The van der Waals surface area contributed by atoms with Gasteiger partial charge in [0.2, 0.25) is 5.88 Å². The monoisotopic (exact) mass is 252 g/mol. The fourth-order valence-electron chi connectivity index (χ4n) is 1.29. The number of aromatic nitrogens is 1. The molecule has 0 bridgehead atoms. The summed E-state index contributed by atoms with van der Waals surface area (Å²) in [5.41, 5.74) is 5.57. The first-order valence-electron chi connectivity index (χ1n) is 4.54. The van der Waals surface area contributed by atoms with Crippen LogP contribution in [0.4, 0.5) is 13.2 Å². The second kappa shape index (κ2) is 5.19. The third-order valence-corrected chi connectivity index (χ3v) is 1.89. The van der Waals surface area contributed by atoms with Gasteiger partial charge in [-0.3, -0.25) is 0 Å². The number of alkyl halides is 3. The van der Waals surface area contributed by atoms with Crippen molar-refractivity contribution in [3.63, 3.8) is 0 Å². The Kier molecular flexibility index (Phi) is 4.13. The van der Waals surface area contributed by atoms with Gasteiger partial charge in [-0.2, -0.15) is 0 Å². The minimum Gasteiger partial charge on any atom is -0.494 e. The summed E-state index contributed by atoms with van der Waals surface area (Å²) in [4.78, 5) is 3.48. The van der Waals surface area contributed by atoms with Gasteiger partial charge in [-0.15, -0.1) is 13.2 Å². The van der Waals surface area contributed by atoms with Crippen molar-refractivity contribution < 1.29 is 27.8 Å². The van der Waals surface area contributed by atoms with Crippen LogP contribution in [0.25, 0.3) is 0 Å². The summed E-state index contributed by atoms with van der Waals surface area (Å²) in [5, 5.41) is 8.97. The zero-order valence-corrected chi connectivity index (χ0v) is 8.91. The van der Waals surface area contributed by atoms with E-state index in [4.69, 9.17) is 15.6 Å². The van der Waals surface area contributed by atoms with Crippen LogP contribution in [0.15, 0.2) is 6.07 Å². The van der Waals surface area contributed by atoms with E-state index < -0.39 is 18.8 Å². The number of rotatable bonds is 4. The van der Waals surface area contributed by atoms with Gasteiger partial charge in [0.1, 0.15) is 11.4 Å². The normalized spacial score (nSPS) is 11.4. The Morgan fingerprint density at radius 3 is 2.53 bits per heavy atom. The van der Waals surface area contributed by atoms with Gasteiger partial charge < -0.3 is 20.3 Å². The van der Waals surface area contributed by atoms with Crippen molar-refractivity contribution in [3.8, 4) is 11.6 Å². The molecule has 5 nitrogen and oxygen atoms in total. The van der Waals surface area contributed by atoms with Crippen molar-refractivity contribution in [2.75, 3.05) is 7.11 Å². The molecule has 0 saturated carbocycles. The number of aliphatic hydroxyl groups is 1. The van der Waals surface area contributed by atoms with Crippen LogP contribution in [0.5, 0.6) is 11.6 Å². The van der Waals surface area contributed by atoms with E-state index in [1.54, 1.807) is 0 Å². The van der Waals surface area contributed by atoms with Gasteiger partial charge >= 0.3 is 6.36 Å². The molecule has 0 saturated heterocycles. The lowest BCUT2D eigenvalue weighted by Crippen LogP contribution is -2.19. The highest BCUT2D eigenvalue weighted by atomic mass is 19.4. The number of methoxy groups -OCH3 is 1. The number of nitrogens with two attached hydrogens (primary N) is 1. The van der Waals surface area contributed by atoms with Crippen LogP contribution in [0, 0.1) is 0 Å². The molecule has 1 aromatic heterocycles. The Balaban J connectivity index is 3.18. The Hall–Kier alpha value is -1.54. The quantitative estimate of drug-likeness (QED) is 0.833. The molecule has 0 spiro atoms. The molecule has 0 amide bonds. The highest BCUT2D eigenvalue weighted by Crippen LogP contribution is 2.29. The molecule has 3 N–H and O–H groups in total. The fraction of sp³-hybridized carbons (Fsp3) is 0.444. The second-order valence-corrected chi connectivity index (χ2v) is 3.01. The molecule has 96 valence electrons. The predicted octanol–water partition coefficient (Wildman–Crippen LogP) is 0.940. The van der Waals surface area contributed by atoms with Crippen LogP contribution in [-0.4, -0.2) is 23.6 Å². The van der Waals surface area contributed by atoms with Gasteiger partial charge in [-0.05, 0) is 0 Å². The SMILES string of the molecule is COc1c(CN)cc(OC(F)(F)F)nc1CO. The number of nitrogens with zero attached hydrogens (tertiary/aromatic N) is 1. The maximum Gasteiger partial charge on any atom is 0.574 e. The first-order valence-corrected chi connectivity index (χ1v) is 4.54. The molecule has 0 atom stereocenters. The number of ether oxygens (including phenoxy) is 2. The molecule has 0 aliphatic carbocycles. The van der Waals surface area contributed by atoms with Gasteiger partial charge in [0.15, 0.2) is 0 Å². The van der Waals surface area contributed by atoms with Crippen molar-refractivity contribution in [3.05, 3.63) is 17.3 Å². The number of hydrogen-bond acceptors (Lipinski definition) is 5. The molecule has 17 heavy (non-hydrogen) atoms.